The summed E-state index contributed by atoms with van der Waals surface area (Å²) in [6, 6.07) is 10.5. The molecule has 0 radical (unpaired) electrons. The topological polar surface area (TPSA) is 76.1 Å². The maximum absolute atomic E-state index is 12.4. The first-order chi connectivity index (χ1) is 14.6. The van der Waals surface area contributed by atoms with E-state index in [2.05, 4.69) is 4.98 Å². The quantitative estimate of drug-likeness (QED) is 0.460. The number of nitrogens with zero attached hydrogens (tertiary/aromatic N) is 1. The summed E-state index contributed by atoms with van der Waals surface area (Å²) in [6.45, 7) is 2.55. The minimum Gasteiger partial charge on any atom is -0.493 e. The third-order valence-electron chi connectivity index (χ3n) is 4.23. The summed E-state index contributed by atoms with van der Waals surface area (Å²) < 4.78 is 26.7. The van der Waals surface area contributed by atoms with Crippen LogP contribution in [-0.2, 0) is 11.3 Å². The molecule has 0 saturated heterocycles. The highest BCUT2D eigenvalue weighted by Crippen LogP contribution is 2.34. The van der Waals surface area contributed by atoms with E-state index in [4.69, 9.17) is 23.7 Å². The van der Waals surface area contributed by atoms with E-state index in [-0.39, 0.29) is 6.61 Å². The van der Waals surface area contributed by atoms with E-state index in [0.717, 1.165) is 10.6 Å². The predicted octanol–water partition coefficient (Wildman–Crippen LogP) is 4.59. The Balaban J connectivity index is 1.68. The number of methoxy groups -OCH3 is 3. The highest BCUT2D eigenvalue weighted by atomic mass is 32.1. The largest absolute Gasteiger partial charge is 0.493 e. The Morgan fingerprint density at radius 3 is 2.33 bits per heavy atom. The van der Waals surface area contributed by atoms with Crippen LogP contribution in [0.25, 0.3) is 10.6 Å². The number of ether oxygens (including phenoxy) is 5. The number of carbonyl (C=O) groups excluding carboxylic acids is 1. The van der Waals surface area contributed by atoms with E-state index in [0.29, 0.717) is 40.9 Å². The molecular weight excluding hydrogens is 406 g/mol. The van der Waals surface area contributed by atoms with E-state index in [9.17, 15) is 4.79 Å². The van der Waals surface area contributed by atoms with Crippen molar-refractivity contribution in [2.45, 2.75) is 13.5 Å². The zero-order chi connectivity index (χ0) is 21.5. The number of hydrogen-bond acceptors (Lipinski definition) is 8. The van der Waals surface area contributed by atoms with Crippen molar-refractivity contribution in [3.8, 4) is 33.6 Å². The van der Waals surface area contributed by atoms with E-state index in [1.807, 2.05) is 30.5 Å². The summed E-state index contributed by atoms with van der Waals surface area (Å²) in [7, 11) is 4.65. The molecule has 0 bridgehead atoms. The molecular formula is C22H23NO6S. The van der Waals surface area contributed by atoms with Crippen LogP contribution >= 0.6 is 11.3 Å². The third-order valence-corrected chi connectivity index (χ3v) is 5.17. The fourth-order valence-corrected chi connectivity index (χ4v) is 3.57. The van der Waals surface area contributed by atoms with Gasteiger partial charge in [0.1, 0.15) is 11.6 Å². The second-order valence-electron chi connectivity index (χ2n) is 6.09. The summed E-state index contributed by atoms with van der Waals surface area (Å²) in [5, 5.41) is 2.66. The Kier molecular flexibility index (Phi) is 7.13. The van der Waals surface area contributed by atoms with Gasteiger partial charge in [-0.05, 0) is 43.3 Å². The number of aromatic nitrogens is 1. The maximum atomic E-state index is 12.4. The molecule has 0 aliphatic carbocycles. The number of carbonyl (C=O) groups is 1. The van der Waals surface area contributed by atoms with Crippen LogP contribution < -0.4 is 18.9 Å². The van der Waals surface area contributed by atoms with Gasteiger partial charge in [-0.3, -0.25) is 0 Å². The molecule has 0 fully saturated rings. The minimum atomic E-state index is -0.465. The molecule has 0 unspecified atom stereocenters. The van der Waals surface area contributed by atoms with Crippen molar-refractivity contribution >= 4 is 17.3 Å². The Morgan fingerprint density at radius 1 is 0.933 bits per heavy atom. The molecule has 8 heteroatoms. The lowest BCUT2D eigenvalue weighted by molar-refractivity contribution is 0.0468. The first-order valence-electron chi connectivity index (χ1n) is 9.24. The Hall–Kier alpha value is -3.26. The Bertz CT molecular complexity index is 1020. The van der Waals surface area contributed by atoms with Crippen LogP contribution in [0.4, 0.5) is 0 Å². The minimum absolute atomic E-state index is 0.0673. The Morgan fingerprint density at radius 2 is 1.63 bits per heavy atom. The van der Waals surface area contributed by atoms with Crippen molar-refractivity contribution in [2.75, 3.05) is 27.9 Å². The summed E-state index contributed by atoms with van der Waals surface area (Å²) in [4.78, 5) is 16.9. The zero-order valence-electron chi connectivity index (χ0n) is 17.3. The van der Waals surface area contributed by atoms with Crippen LogP contribution in [0.1, 0.15) is 23.0 Å². The molecule has 158 valence electrons. The lowest BCUT2D eigenvalue weighted by atomic mass is 10.2. The van der Waals surface area contributed by atoms with Gasteiger partial charge < -0.3 is 23.7 Å². The maximum Gasteiger partial charge on any atom is 0.338 e. The molecule has 0 saturated carbocycles. The molecule has 0 amide bonds. The van der Waals surface area contributed by atoms with Gasteiger partial charge in [-0.1, -0.05) is 0 Å². The van der Waals surface area contributed by atoms with Crippen molar-refractivity contribution in [3.63, 3.8) is 0 Å². The normalized spacial score (nSPS) is 10.4. The molecule has 7 nitrogen and oxygen atoms in total. The predicted molar refractivity (Wildman–Crippen MR) is 114 cm³/mol. The molecule has 0 aliphatic rings. The van der Waals surface area contributed by atoms with Crippen LogP contribution in [-0.4, -0.2) is 38.9 Å². The van der Waals surface area contributed by atoms with Crippen molar-refractivity contribution < 1.29 is 28.5 Å². The second-order valence-corrected chi connectivity index (χ2v) is 6.95. The van der Waals surface area contributed by atoms with E-state index >= 15 is 0 Å². The smallest absolute Gasteiger partial charge is 0.338 e. The number of thiazole rings is 1. The van der Waals surface area contributed by atoms with Crippen molar-refractivity contribution in [2.24, 2.45) is 0 Å². The summed E-state index contributed by atoms with van der Waals surface area (Å²) in [5.41, 5.74) is 1.94. The van der Waals surface area contributed by atoms with Gasteiger partial charge in [0.05, 0.1) is 39.2 Å². The Labute approximate surface area is 179 Å². The number of benzene rings is 2. The lowest BCUT2D eigenvalue weighted by Gasteiger charge is -2.10. The van der Waals surface area contributed by atoms with Crippen molar-refractivity contribution in [1.82, 2.24) is 4.98 Å². The van der Waals surface area contributed by atoms with Crippen LogP contribution in [0.5, 0.6) is 23.0 Å². The molecule has 1 aromatic heterocycles. The SMILES string of the molecule is CCOc1ccc(-c2nc(COC(=O)c3ccc(OC)c(OC)c3)cs2)cc1OC. The average Bonchev–Trinajstić information content (AvgIpc) is 3.26. The average molecular weight is 429 g/mol. The monoisotopic (exact) mass is 429 g/mol. The van der Waals surface area contributed by atoms with Crippen molar-refractivity contribution in [1.29, 1.82) is 0 Å². The third kappa shape index (κ3) is 4.83. The van der Waals surface area contributed by atoms with Crippen LogP contribution in [0.2, 0.25) is 0 Å². The number of esters is 1. The molecule has 30 heavy (non-hydrogen) atoms. The summed E-state index contributed by atoms with van der Waals surface area (Å²) >= 11 is 1.46. The highest BCUT2D eigenvalue weighted by molar-refractivity contribution is 7.13. The van der Waals surface area contributed by atoms with Crippen LogP contribution in [0.3, 0.4) is 0 Å². The lowest BCUT2D eigenvalue weighted by Crippen LogP contribution is -2.06. The van der Waals surface area contributed by atoms with Gasteiger partial charge in [-0.25, -0.2) is 9.78 Å². The molecule has 0 N–H and O–H groups in total. The van der Waals surface area contributed by atoms with Gasteiger partial charge in [0.2, 0.25) is 0 Å². The fraction of sp³-hybridized carbons (Fsp3) is 0.273. The fourth-order valence-electron chi connectivity index (χ4n) is 2.77. The molecule has 3 rings (SSSR count). The van der Waals surface area contributed by atoms with E-state index < -0.39 is 5.97 Å². The second kappa shape index (κ2) is 9.98. The first kappa shape index (κ1) is 21.4. The standard InChI is InChI=1S/C22H23NO6S/c1-5-28-18-9-6-14(10-20(18)27-4)21-23-16(13-30-21)12-29-22(24)15-7-8-17(25-2)19(11-15)26-3/h6-11,13H,5,12H2,1-4H3. The number of hydrogen-bond donors (Lipinski definition) is 0. The molecule has 2 aromatic carbocycles. The molecule has 0 aliphatic heterocycles. The highest BCUT2D eigenvalue weighted by Gasteiger charge is 2.14. The molecule has 1 heterocycles. The van der Waals surface area contributed by atoms with Gasteiger partial charge in [-0.2, -0.15) is 0 Å². The molecule has 0 atom stereocenters. The number of rotatable bonds is 9. The van der Waals surface area contributed by atoms with E-state index in [1.54, 1.807) is 25.3 Å². The van der Waals surface area contributed by atoms with Crippen molar-refractivity contribution in [3.05, 3.63) is 53.0 Å². The van der Waals surface area contributed by atoms with Gasteiger partial charge >= 0.3 is 5.97 Å². The van der Waals surface area contributed by atoms with Gasteiger partial charge in [0.15, 0.2) is 23.0 Å². The van der Waals surface area contributed by atoms with Crippen LogP contribution in [0.15, 0.2) is 41.8 Å². The zero-order valence-corrected chi connectivity index (χ0v) is 18.1. The molecule has 0 spiro atoms. The van der Waals surface area contributed by atoms with E-state index in [1.165, 1.54) is 25.6 Å². The van der Waals surface area contributed by atoms with Gasteiger partial charge in [-0.15, -0.1) is 11.3 Å². The van der Waals surface area contributed by atoms with Gasteiger partial charge in [0, 0.05) is 10.9 Å². The van der Waals surface area contributed by atoms with Gasteiger partial charge in [0.25, 0.3) is 0 Å². The summed E-state index contributed by atoms with van der Waals surface area (Å²) in [6.07, 6.45) is 0. The molecule has 3 aromatic rings. The van der Waals surface area contributed by atoms with Crippen LogP contribution in [0, 0.1) is 0 Å². The summed E-state index contributed by atoms with van der Waals surface area (Å²) in [5.74, 6) is 1.87. The first-order valence-corrected chi connectivity index (χ1v) is 10.1.